The van der Waals surface area contributed by atoms with Gasteiger partial charge in [0.1, 0.15) is 23.2 Å². The van der Waals surface area contributed by atoms with Gasteiger partial charge in [0.05, 0.1) is 0 Å². The molecule has 0 atom stereocenters. The molecule has 2 N–H and O–H groups in total. The third-order valence-electron chi connectivity index (χ3n) is 2.43. The van der Waals surface area contributed by atoms with E-state index < -0.39 is 0 Å². The first-order valence-corrected chi connectivity index (χ1v) is 5.83. The van der Waals surface area contributed by atoms with Crippen LogP contribution < -0.4 is 10.5 Å². The summed E-state index contributed by atoms with van der Waals surface area (Å²) in [7, 11) is 0. The quantitative estimate of drug-likeness (QED) is 0.859. The van der Waals surface area contributed by atoms with Crippen LogP contribution >= 0.6 is 12.2 Å². The van der Waals surface area contributed by atoms with Crippen molar-refractivity contribution in [2.45, 2.75) is 6.61 Å². The fraction of sp³-hybridized carbons (Fsp3) is 0.0714. The molecule has 0 aliphatic rings. The maximum Gasteiger partial charge on any atom is 0.123 e. The van der Waals surface area contributed by atoms with Gasteiger partial charge in [0, 0.05) is 5.56 Å². The normalized spacial score (nSPS) is 10.1. The van der Waals surface area contributed by atoms with Gasteiger partial charge in [-0.05, 0) is 35.9 Å². The van der Waals surface area contributed by atoms with Gasteiger partial charge in [-0.1, -0.05) is 30.4 Å². The van der Waals surface area contributed by atoms with Gasteiger partial charge in [0.2, 0.25) is 0 Å². The smallest absolute Gasteiger partial charge is 0.123 e. The third kappa shape index (κ3) is 3.28. The first-order valence-electron chi connectivity index (χ1n) is 5.42. The minimum absolute atomic E-state index is 0.280. The van der Waals surface area contributed by atoms with E-state index in [2.05, 4.69) is 0 Å². The lowest BCUT2D eigenvalue weighted by Gasteiger charge is -2.07. The highest BCUT2D eigenvalue weighted by Gasteiger charge is 2.00. The second kappa shape index (κ2) is 5.60. The van der Waals surface area contributed by atoms with Crippen molar-refractivity contribution in [2.75, 3.05) is 0 Å². The monoisotopic (exact) mass is 261 g/mol. The molecule has 18 heavy (non-hydrogen) atoms. The van der Waals surface area contributed by atoms with Crippen LogP contribution in [0.1, 0.15) is 11.1 Å². The molecule has 2 rings (SSSR count). The zero-order chi connectivity index (χ0) is 13.0. The summed E-state index contributed by atoms with van der Waals surface area (Å²) in [6.45, 7) is 0.391. The van der Waals surface area contributed by atoms with Gasteiger partial charge in [0.15, 0.2) is 0 Å². The first-order chi connectivity index (χ1) is 8.65. The maximum atomic E-state index is 12.7. The van der Waals surface area contributed by atoms with Gasteiger partial charge in [-0.3, -0.25) is 0 Å². The van der Waals surface area contributed by atoms with Crippen LogP contribution in [-0.2, 0) is 6.61 Å². The molecule has 0 fully saturated rings. The Morgan fingerprint density at radius 1 is 1.17 bits per heavy atom. The number of thiocarbonyl (C=S) groups is 1. The fourth-order valence-electron chi connectivity index (χ4n) is 1.51. The number of hydrogen-bond donors (Lipinski definition) is 1. The molecule has 0 bridgehead atoms. The lowest BCUT2D eigenvalue weighted by molar-refractivity contribution is 0.305. The highest BCUT2D eigenvalue weighted by atomic mass is 32.1. The van der Waals surface area contributed by atoms with E-state index in [0.29, 0.717) is 17.3 Å². The van der Waals surface area contributed by atoms with Gasteiger partial charge >= 0.3 is 0 Å². The largest absolute Gasteiger partial charge is 0.489 e. The van der Waals surface area contributed by atoms with Crippen molar-refractivity contribution in [3.63, 3.8) is 0 Å². The van der Waals surface area contributed by atoms with Gasteiger partial charge < -0.3 is 10.5 Å². The molecule has 4 heteroatoms. The number of halogens is 1. The van der Waals surface area contributed by atoms with Crippen molar-refractivity contribution in [1.29, 1.82) is 0 Å². The van der Waals surface area contributed by atoms with Crippen LogP contribution in [0.5, 0.6) is 5.75 Å². The Morgan fingerprint density at radius 3 is 2.56 bits per heavy atom. The van der Waals surface area contributed by atoms with E-state index >= 15 is 0 Å². The molecule has 2 nitrogen and oxygen atoms in total. The summed E-state index contributed by atoms with van der Waals surface area (Å²) in [6, 6.07) is 13.4. The van der Waals surface area contributed by atoms with Crippen molar-refractivity contribution < 1.29 is 9.13 Å². The molecule has 92 valence electrons. The zero-order valence-electron chi connectivity index (χ0n) is 9.60. The lowest BCUT2D eigenvalue weighted by Crippen LogP contribution is -2.09. The van der Waals surface area contributed by atoms with Crippen molar-refractivity contribution in [1.82, 2.24) is 0 Å². The Balaban J connectivity index is 2.04. The molecule has 0 saturated heterocycles. The molecular formula is C14H12FNOS. The second-order valence-corrected chi connectivity index (χ2v) is 4.25. The third-order valence-corrected chi connectivity index (χ3v) is 2.67. The van der Waals surface area contributed by atoms with E-state index in [-0.39, 0.29) is 5.82 Å². The summed E-state index contributed by atoms with van der Waals surface area (Å²) >= 11 is 4.91. The number of rotatable bonds is 4. The molecule has 0 amide bonds. The SMILES string of the molecule is NC(=S)c1cccc(COc2ccc(F)cc2)c1. The molecule has 2 aromatic rings. The zero-order valence-corrected chi connectivity index (χ0v) is 10.4. The predicted octanol–water partition coefficient (Wildman–Crippen LogP) is 3.04. The van der Waals surface area contributed by atoms with Crippen LogP contribution in [0.25, 0.3) is 0 Å². The Morgan fingerprint density at radius 2 is 1.89 bits per heavy atom. The van der Waals surface area contributed by atoms with E-state index in [9.17, 15) is 4.39 Å². The van der Waals surface area contributed by atoms with Crippen LogP contribution in [0.15, 0.2) is 48.5 Å². The molecule has 2 aromatic carbocycles. The van der Waals surface area contributed by atoms with Crippen LogP contribution in [0, 0.1) is 5.82 Å². The van der Waals surface area contributed by atoms with Crippen molar-refractivity contribution in [3.05, 3.63) is 65.5 Å². The predicted molar refractivity (Wildman–Crippen MR) is 73.1 cm³/mol. The molecule has 0 aliphatic heterocycles. The molecule has 0 spiro atoms. The number of benzene rings is 2. The standard InChI is InChI=1S/C14H12FNOS/c15-12-4-6-13(7-5-12)17-9-10-2-1-3-11(8-10)14(16)18/h1-8H,9H2,(H2,16,18). The van der Waals surface area contributed by atoms with E-state index in [4.69, 9.17) is 22.7 Å². The second-order valence-electron chi connectivity index (χ2n) is 3.81. The van der Waals surface area contributed by atoms with Gasteiger partial charge in [-0.15, -0.1) is 0 Å². The van der Waals surface area contributed by atoms with Crippen LogP contribution in [0.4, 0.5) is 4.39 Å². The summed E-state index contributed by atoms with van der Waals surface area (Å²) in [5.41, 5.74) is 7.33. The van der Waals surface area contributed by atoms with E-state index in [1.54, 1.807) is 12.1 Å². The molecule has 0 saturated carbocycles. The highest BCUT2D eigenvalue weighted by molar-refractivity contribution is 7.80. The van der Waals surface area contributed by atoms with E-state index in [1.807, 2.05) is 24.3 Å². The van der Waals surface area contributed by atoms with Crippen molar-refractivity contribution in [3.8, 4) is 5.75 Å². The van der Waals surface area contributed by atoms with Crippen molar-refractivity contribution >= 4 is 17.2 Å². The topological polar surface area (TPSA) is 35.2 Å². The molecular weight excluding hydrogens is 249 g/mol. The Labute approximate surface area is 110 Å². The molecule has 0 aliphatic carbocycles. The Kier molecular flexibility index (Phi) is 3.89. The van der Waals surface area contributed by atoms with E-state index in [0.717, 1.165) is 11.1 Å². The molecule has 0 aromatic heterocycles. The number of nitrogens with two attached hydrogens (primary N) is 1. The van der Waals surface area contributed by atoms with E-state index in [1.165, 1.54) is 12.1 Å². The first kappa shape index (κ1) is 12.5. The van der Waals surface area contributed by atoms with Crippen molar-refractivity contribution in [2.24, 2.45) is 5.73 Å². The Hall–Kier alpha value is -1.94. The fourth-order valence-corrected chi connectivity index (χ4v) is 1.64. The summed E-state index contributed by atoms with van der Waals surface area (Å²) in [6.07, 6.45) is 0. The lowest BCUT2D eigenvalue weighted by atomic mass is 10.1. The van der Waals surface area contributed by atoms with Crippen LogP contribution in [0.3, 0.4) is 0 Å². The Bertz CT molecular complexity index is 554. The number of hydrogen-bond acceptors (Lipinski definition) is 2. The van der Waals surface area contributed by atoms with Gasteiger partial charge in [-0.25, -0.2) is 4.39 Å². The van der Waals surface area contributed by atoms with Crippen LogP contribution in [0.2, 0.25) is 0 Å². The molecule has 0 radical (unpaired) electrons. The summed E-state index contributed by atoms with van der Waals surface area (Å²) < 4.78 is 18.2. The molecule has 0 heterocycles. The van der Waals surface area contributed by atoms with Gasteiger partial charge in [-0.2, -0.15) is 0 Å². The summed E-state index contributed by atoms with van der Waals surface area (Å²) in [4.78, 5) is 0.360. The van der Waals surface area contributed by atoms with Gasteiger partial charge in [0.25, 0.3) is 0 Å². The summed E-state index contributed by atoms with van der Waals surface area (Å²) in [5.74, 6) is 0.343. The molecule has 0 unspecified atom stereocenters. The number of ether oxygens (including phenoxy) is 1. The minimum Gasteiger partial charge on any atom is -0.489 e. The summed E-state index contributed by atoms with van der Waals surface area (Å²) in [5, 5.41) is 0. The van der Waals surface area contributed by atoms with Crippen LogP contribution in [-0.4, -0.2) is 4.99 Å². The maximum absolute atomic E-state index is 12.7. The average Bonchev–Trinajstić information content (AvgIpc) is 2.38. The highest BCUT2D eigenvalue weighted by Crippen LogP contribution is 2.14. The minimum atomic E-state index is -0.280. The average molecular weight is 261 g/mol.